The highest BCUT2D eigenvalue weighted by Crippen LogP contribution is 2.33. The lowest BCUT2D eigenvalue weighted by Gasteiger charge is -2.08. The number of nitro benzene ring substituents is 1. The van der Waals surface area contributed by atoms with Crippen LogP contribution in [0.2, 0.25) is 0 Å². The molecule has 10 heteroatoms. The third-order valence-corrected chi connectivity index (χ3v) is 3.61. The van der Waals surface area contributed by atoms with Gasteiger partial charge in [0.15, 0.2) is 5.82 Å². The molecule has 1 aromatic heterocycles. The zero-order valence-electron chi connectivity index (χ0n) is 13.0. The molecule has 0 spiro atoms. The van der Waals surface area contributed by atoms with E-state index < -0.39 is 4.92 Å². The Hall–Kier alpha value is -2.62. The molecule has 0 bridgehead atoms. The van der Waals surface area contributed by atoms with Crippen LogP contribution < -0.4 is 9.47 Å². The number of methoxy groups -OCH3 is 2. The minimum atomic E-state index is -0.521. The number of aromatic nitrogens is 3. The predicted molar refractivity (Wildman–Crippen MR) is 85.7 cm³/mol. The molecule has 1 heterocycles. The van der Waals surface area contributed by atoms with Crippen LogP contribution in [0.5, 0.6) is 11.5 Å². The molecule has 0 unspecified atom stereocenters. The smallest absolute Gasteiger partial charge is 0.311 e. The van der Waals surface area contributed by atoms with E-state index in [4.69, 9.17) is 9.47 Å². The summed E-state index contributed by atoms with van der Waals surface area (Å²) in [5.41, 5.74) is 0.278. The van der Waals surface area contributed by atoms with Crippen LogP contribution >= 0.6 is 11.8 Å². The van der Waals surface area contributed by atoms with Crippen molar-refractivity contribution in [3.63, 3.8) is 0 Å². The molecule has 0 saturated carbocycles. The van der Waals surface area contributed by atoms with Gasteiger partial charge in [-0.2, -0.15) is 9.78 Å². The van der Waals surface area contributed by atoms with Crippen LogP contribution in [0.25, 0.3) is 0 Å². The fraction of sp³-hybridized carbons (Fsp3) is 0.308. The average molecular weight is 337 g/mol. The molecule has 122 valence electrons. The van der Waals surface area contributed by atoms with Crippen LogP contribution in [-0.4, -0.2) is 46.5 Å². The second-order valence-electron chi connectivity index (χ2n) is 4.31. The van der Waals surface area contributed by atoms with E-state index in [1.54, 1.807) is 11.6 Å². The molecule has 0 saturated heterocycles. The second kappa shape index (κ2) is 7.09. The molecular weight excluding hydrogens is 322 g/mol. The third-order valence-electron chi connectivity index (χ3n) is 2.99. The molecular formula is C13H15N5O4S. The monoisotopic (exact) mass is 337 g/mol. The van der Waals surface area contributed by atoms with E-state index in [2.05, 4.69) is 15.3 Å². The van der Waals surface area contributed by atoms with Gasteiger partial charge in [0.1, 0.15) is 5.75 Å². The summed E-state index contributed by atoms with van der Waals surface area (Å²) in [4.78, 5) is 10.6. The summed E-state index contributed by atoms with van der Waals surface area (Å²) in [6.07, 6.45) is 3.32. The number of rotatable bonds is 6. The number of hydrogen-bond donors (Lipinski definition) is 0. The van der Waals surface area contributed by atoms with E-state index in [1.165, 1.54) is 44.3 Å². The number of aryl methyl sites for hydroxylation is 1. The molecule has 0 fully saturated rings. The van der Waals surface area contributed by atoms with Crippen LogP contribution in [0.15, 0.2) is 22.4 Å². The van der Waals surface area contributed by atoms with Gasteiger partial charge in [-0.3, -0.25) is 10.1 Å². The van der Waals surface area contributed by atoms with E-state index in [0.29, 0.717) is 22.3 Å². The molecule has 0 amide bonds. The maximum atomic E-state index is 11.1. The number of hydrogen-bond acceptors (Lipinski definition) is 8. The van der Waals surface area contributed by atoms with E-state index in [-0.39, 0.29) is 11.4 Å². The van der Waals surface area contributed by atoms with Crippen LogP contribution in [0.3, 0.4) is 0 Å². The van der Waals surface area contributed by atoms with Crippen LogP contribution in [0, 0.1) is 17.0 Å². The third kappa shape index (κ3) is 3.42. The Bertz CT molecular complexity index is 759. The van der Waals surface area contributed by atoms with Crippen LogP contribution in [0.1, 0.15) is 11.4 Å². The first-order valence-corrected chi connectivity index (χ1v) is 7.65. The zero-order valence-corrected chi connectivity index (χ0v) is 13.8. The number of thioether (sulfide) groups is 1. The van der Waals surface area contributed by atoms with Gasteiger partial charge in [0, 0.05) is 17.7 Å². The Morgan fingerprint density at radius 3 is 2.57 bits per heavy atom. The molecule has 2 aromatic rings. The van der Waals surface area contributed by atoms with Crippen molar-refractivity contribution in [2.45, 2.75) is 12.1 Å². The molecule has 0 radical (unpaired) electrons. The van der Waals surface area contributed by atoms with Crippen molar-refractivity contribution in [1.82, 2.24) is 14.9 Å². The molecule has 0 atom stereocenters. The first-order chi connectivity index (χ1) is 11.0. The molecule has 0 N–H and O–H groups in total. The first-order valence-electron chi connectivity index (χ1n) is 6.42. The maximum Gasteiger partial charge on any atom is 0.311 e. The second-order valence-corrected chi connectivity index (χ2v) is 5.09. The molecule has 23 heavy (non-hydrogen) atoms. The Morgan fingerprint density at radius 2 is 2.00 bits per heavy atom. The van der Waals surface area contributed by atoms with E-state index >= 15 is 0 Å². The fourth-order valence-corrected chi connectivity index (χ4v) is 2.34. The number of ether oxygens (including phenoxy) is 2. The normalized spacial score (nSPS) is 11.0. The fourth-order valence-electron chi connectivity index (χ4n) is 1.87. The van der Waals surface area contributed by atoms with Crippen molar-refractivity contribution in [3.8, 4) is 11.5 Å². The van der Waals surface area contributed by atoms with Gasteiger partial charge in [0.05, 0.1) is 25.4 Å². The van der Waals surface area contributed by atoms with E-state index in [1.807, 2.05) is 6.26 Å². The van der Waals surface area contributed by atoms with Gasteiger partial charge in [0.2, 0.25) is 10.9 Å². The van der Waals surface area contributed by atoms with E-state index in [0.717, 1.165) is 0 Å². The van der Waals surface area contributed by atoms with E-state index in [9.17, 15) is 10.1 Å². The predicted octanol–water partition coefficient (Wildman–Crippen LogP) is 2.12. The molecule has 0 aliphatic carbocycles. The highest BCUT2D eigenvalue weighted by Gasteiger charge is 2.19. The minimum Gasteiger partial charge on any atom is -0.496 e. The first kappa shape index (κ1) is 16.7. The molecule has 0 aliphatic heterocycles. The summed E-state index contributed by atoms with van der Waals surface area (Å²) in [5, 5.41) is 23.9. The summed E-state index contributed by atoms with van der Waals surface area (Å²) < 4.78 is 11.8. The van der Waals surface area contributed by atoms with Gasteiger partial charge in [-0.1, -0.05) is 11.8 Å². The average Bonchev–Trinajstić information content (AvgIpc) is 2.91. The van der Waals surface area contributed by atoms with Gasteiger partial charge < -0.3 is 9.47 Å². The Balaban J connectivity index is 2.50. The molecule has 9 nitrogen and oxygen atoms in total. The molecule has 0 aliphatic rings. The van der Waals surface area contributed by atoms with Gasteiger partial charge in [0.25, 0.3) is 0 Å². The molecule has 2 rings (SSSR count). The highest BCUT2D eigenvalue weighted by atomic mass is 32.2. The summed E-state index contributed by atoms with van der Waals surface area (Å²) >= 11 is 1.39. The van der Waals surface area contributed by atoms with Crippen LogP contribution in [0.4, 0.5) is 5.69 Å². The maximum absolute atomic E-state index is 11.1. The summed E-state index contributed by atoms with van der Waals surface area (Å²) in [5.74, 6) is 1.13. The van der Waals surface area contributed by atoms with Crippen molar-refractivity contribution in [2.75, 3.05) is 20.5 Å². The van der Waals surface area contributed by atoms with Crippen molar-refractivity contribution >= 4 is 23.7 Å². The number of benzene rings is 1. The quantitative estimate of drug-likeness (QED) is 0.344. The van der Waals surface area contributed by atoms with Crippen LogP contribution in [-0.2, 0) is 0 Å². The number of nitro groups is 1. The van der Waals surface area contributed by atoms with Crippen molar-refractivity contribution in [2.24, 2.45) is 5.10 Å². The summed E-state index contributed by atoms with van der Waals surface area (Å²) in [6.45, 7) is 1.76. The lowest BCUT2D eigenvalue weighted by molar-refractivity contribution is -0.385. The highest BCUT2D eigenvalue weighted by molar-refractivity contribution is 7.98. The Kier molecular flexibility index (Phi) is 5.16. The van der Waals surface area contributed by atoms with Crippen molar-refractivity contribution in [1.29, 1.82) is 0 Å². The van der Waals surface area contributed by atoms with Gasteiger partial charge in [-0.05, 0) is 13.2 Å². The molecule has 1 aromatic carbocycles. The van der Waals surface area contributed by atoms with Gasteiger partial charge >= 0.3 is 5.69 Å². The Morgan fingerprint density at radius 1 is 1.30 bits per heavy atom. The summed E-state index contributed by atoms with van der Waals surface area (Å²) in [6, 6.07) is 2.80. The number of nitrogens with zero attached hydrogens (tertiary/aromatic N) is 5. The van der Waals surface area contributed by atoms with Gasteiger partial charge in [-0.25, -0.2) is 0 Å². The topological polar surface area (TPSA) is 105 Å². The largest absolute Gasteiger partial charge is 0.496 e. The standard InChI is InChI=1S/C13H15N5O4S/c1-8-15-16-13(23-4)17(8)14-7-9-5-10(18(19)20)12(22-3)6-11(9)21-2/h5-7H,1-4H3/b14-7-. The van der Waals surface area contributed by atoms with Crippen molar-refractivity contribution < 1.29 is 14.4 Å². The van der Waals surface area contributed by atoms with Gasteiger partial charge in [-0.15, -0.1) is 10.2 Å². The zero-order chi connectivity index (χ0) is 17.0. The lowest BCUT2D eigenvalue weighted by Crippen LogP contribution is -2.00. The lowest BCUT2D eigenvalue weighted by atomic mass is 10.1. The minimum absolute atomic E-state index is 0.120. The SMILES string of the molecule is COc1cc(OC)c([N+](=O)[O-])cc1/C=N\n1c(C)nnc1SC. The van der Waals surface area contributed by atoms with Crippen molar-refractivity contribution in [3.05, 3.63) is 33.6 Å². The Labute approximate surface area is 136 Å². The summed E-state index contributed by atoms with van der Waals surface area (Å²) in [7, 11) is 2.83.